The fraction of sp³-hybridized carbons (Fsp3) is 0.381. The molecular weight excluding hydrogens is 398 g/mol. The molecule has 0 radical (unpaired) electrons. The highest BCUT2D eigenvalue weighted by Crippen LogP contribution is 2.29. The minimum Gasteiger partial charge on any atom is -0.326 e. The predicted octanol–water partition coefficient (Wildman–Crippen LogP) is 3.49. The fourth-order valence-corrected chi connectivity index (χ4v) is 5.61. The number of nitrogens with zero attached hydrogens (tertiary/aromatic N) is 1. The van der Waals surface area contributed by atoms with E-state index in [9.17, 15) is 22.0 Å². The number of benzene rings is 2. The number of rotatable bonds is 4. The van der Waals surface area contributed by atoms with Gasteiger partial charge in [-0.25, -0.2) is 17.2 Å². The van der Waals surface area contributed by atoms with Crippen molar-refractivity contribution in [3.05, 3.63) is 59.2 Å². The first-order chi connectivity index (χ1) is 13.8. The van der Waals surface area contributed by atoms with Gasteiger partial charge in [0.25, 0.3) is 0 Å². The van der Waals surface area contributed by atoms with Crippen LogP contribution in [0, 0.1) is 17.6 Å². The van der Waals surface area contributed by atoms with Crippen molar-refractivity contribution in [2.45, 2.75) is 37.0 Å². The second kappa shape index (κ2) is 7.84. The first-order valence-corrected chi connectivity index (χ1v) is 11.2. The van der Waals surface area contributed by atoms with Crippen LogP contribution >= 0.6 is 0 Å². The van der Waals surface area contributed by atoms with Crippen LogP contribution in [0.5, 0.6) is 0 Å². The Morgan fingerprint density at radius 2 is 1.62 bits per heavy atom. The Bertz CT molecular complexity index is 1030. The van der Waals surface area contributed by atoms with Gasteiger partial charge in [0.05, 0.1) is 4.90 Å². The first-order valence-electron chi connectivity index (χ1n) is 9.72. The number of sulfonamides is 1. The van der Waals surface area contributed by atoms with E-state index in [1.807, 2.05) is 6.07 Å². The Morgan fingerprint density at radius 3 is 2.31 bits per heavy atom. The van der Waals surface area contributed by atoms with Crippen molar-refractivity contribution in [1.82, 2.24) is 4.31 Å². The zero-order valence-corrected chi connectivity index (χ0v) is 16.6. The summed E-state index contributed by atoms with van der Waals surface area (Å²) in [4.78, 5) is 12.7. The zero-order valence-electron chi connectivity index (χ0n) is 15.8. The summed E-state index contributed by atoms with van der Waals surface area (Å²) in [6.45, 7) is 0.462. The summed E-state index contributed by atoms with van der Waals surface area (Å²) in [6.07, 6.45) is 3.66. The SMILES string of the molecule is O=C(Nc1cc(F)cc(F)c1)C1CCN(S(=O)(=O)c2ccc3c(c2)CCC3)CC1. The van der Waals surface area contributed by atoms with E-state index in [1.54, 1.807) is 12.1 Å². The molecule has 1 fully saturated rings. The van der Waals surface area contributed by atoms with Crippen LogP contribution in [0.2, 0.25) is 0 Å². The highest BCUT2D eigenvalue weighted by atomic mass is 32.2. The number of hydrogen-bond donors (Lipinski definition) is 1. The van der Waals surface area contributed by atoms with Crippen LogP contribution in [0.15, 0.2) is 41.3 Å². The third-order valence-electron chi connectivity index (χ3n) is 5.66. The third kappa shape index (κ3) is 4.18. The van der Waals surface area contributed by atoms with Gasteiger partial charge in [0, 0.05) is 30.8 Å². The number of carbonyl (C=O) groups excluding carboxylic acids is 1. The zero-order chi connectivity index (χ0) is 20.6. The van der Waals surface area contributed by atoms with Gasteiger partial charge in [0.1, 0.15) is 11.6 Å². The molecule has 4 rings (SSSR count). The van der Waals surface area contributed by atoms with Crippen molar-refractivity contribution < 1.29 is 22.0 Å². The second-order valence-electron chi connectivity index (χ2n) is 7.61. The van der Waals surface area contributed by atoms with Crippen molar-refractivity contribution in [3.63, 3.8) is 0 Å². The van der Waals surface area contributed by atoms with Gasteiger partial charge in [0.2, 0.25) is 15.9 Å². The van der Waals surface area contributed by atoms with E-state index in [0.717, 1.165) is 43.0 Å². The lowest BCUT2D eigenvalue weighted by Gasteiger charge is -2.30. The number of hydrogen-bond acceptors (Lipinski definition) is 3. The standard InChI is InChI=1S/C21H22F2N2O3S/c22-17-11-18(23)13-19(12-17)24-21(26)15-6-8-25(9-7-15)29(27,28)20-5-4-14-2-1-3-16(14)10-20/h4-5,10-13,15H,1-3,6-9H2,(H,24,26). The van der Waals surface area contributed by atoms with E-state index in [0.29, 0.717) is 17.7 Å². The van der Waals surface area contributed by atoms with Gasteiger partial charge < -0.3 is 5.32 Å². The number of piperidine rings is 1. The molecule has 8 heteroatoms. The summed E-state index contributed by atoms with van der Waals surface area (Å²) in [5.41, 5.74) is 2.37. The van der Waals surface area contributed by atoms with Crippen molar-refractivity contribution >= 4 is 21.6 Å². The molecule has 0 aromatic heterocycles. The van der Waals surface area contributed by atoms with Crippen LogP contribution in [0.4, 0.5) is 14.5 Å². The maximum atomic E-state index is 13.3. The summed E-state index contributed by atoms with van der Waals surface area (Å²) < 4.78 is 53.9. The predicted molar refractivity (Wildman–Crippen MR) is 105 cm³/mol. The van der Waals surface area contributed by atoms with Crippen LogP contribution < -0.4 is 5.32 Å². The molecule has 0 bridgehead atoms. The Labute approximate surface area is 168 Å². The molecule has 0 unspecified atom stereocenters. The normalized spacial score (nSPS) is 17.9. The van der Waals surface area contributed by atoms with E-state index in [1.165, 1.54) is 9.87 Å². The molecule has 1 aliphatic heterocycles. The molecule has 5 nitrogen and oxygen atoms in total. The van der Waals surface area contributed by atoms with Crippen LogP contribution in [0.3, 0.4) is 0 Å². The summed E-state index contributed by atoms with van der Waals surface area (Å²) in [5, 5.41) is 2.52. The molecular formula is C21H22F2N2O3S. The molecule has 0 saturated carbocycles. The lowest BCUT2D eigenvalue weighted by atomic mass is 9.97. The average molecular weight is 420 g/mol. The highest BCUT2D eigenvalue weighted by molar-refractivity contribution is 7.89. The lowest BCUT2D eigenvalue weighted by molar-refractivity contribution is -0.120. The number of carbonyl (C=O) groups is 1. The largest absolute Gasteiger partial charge is 0.326 e. The minimum atomic E-state index is -3.60. The minimum absolute atomic E-state index is 0.0562. The Balaban J connectivity index is 1.40. The van der Waals surface area contributed by atoms with E-state index < -0.39 is 27.6 Å². The third-order valence-corrected chi connectivity index (χ3v) is 7.56. The first kappa shape index (κ1) is 20.0. The van der Waals surface area contributed by atoms with Crippen molar-refractivity contribution in [2.24, 2.45) is 5.92 Å². The summed E-state index contributed by atoms with van der Waals surface area (Å²) in [6, 6.07) is 8.17. The molecule has 2 aliphatic rings. The Morgan fingerprint density at radius 1 is 0.966 bits per heavy atom. The number of anilines is 1. The van der Waals surface area contributed by atoms with Crippen LogP contribution in [0.25, 0.3) is 0 Å². The van der Waals surface area contributed by atoms with Gasteiger partial charge in [-0.2, -0.15) is 4.31 Å². The van der Waals surface area contributed by atoms with Crippen molar-refractivity contribution in [2.75, 3.05) is 18.4 Å². The molecule has 2 aromatic rings. The van der Waals surface area contributed by atoms with Crippen LogP contribution in [-0.2, 0) is 27.7 Å². The quantitative estimate of drug-likeness (QED) is 0.823. The number of halogens is 2. The summed E-state index contributed by atoms with van der Waals surface area (Å²) in [5.74, 6) is -2.30. The fourth-order valence-electron chi connectivity index (χ4n) is 4.09. The van der Waals surface area contributed by atoms with Crippen molar-refractivity contribution in [3.8, 4) is 0 Å². The number of nitrogens with one attached hydrogen (secondary N) is 1. The lowest BCUT2D eigenvalue weighted by Crippen LogP contribution is -2.41. The second-order valence-corrected chi connectivity index (χ2v) is 9.55. The van der Waals surface area contributed by atoms with Gasteiger partial charge in [0.15, 0.2) is 0 Å². The van der Waals surface area contributed by atoms with Gasteiger partial charge in [-0.3, -0.25) is 4.79 Å². The average Bonchev–Trinajstić information content (AvgIpc) is 3.15. The molecule has 1 saturated heterocycles. The highest BCUT2D eigenvalue weighted by Gasteiger charge is 2.32. The van der Waals surface area contributed by atoms with E-state index in [-0.39, 0.29) is 24.7 Å². The van der Waals surface area contributed by atoms with Gasteiger partial charge in [-0.15, -0.1) is 0 Å². The Hall–Kier alpha value is -2.32. The van der Waals surface area contributed by atoms with Gasteiger partial charge in [-0.1, -0.05) is 6.07 Å². The molecule has 1 heterocycles. The molecule has 1 amide bonds. The van der Waals surface area contributed by atoms with Crippen LogP contribution in [-0.4, -0.2) is 31.7 Å². The molecule has 29 heavy (non-hydrogen) atoms. The maximum Gasteiger partial charge on any atom is 0.243 e. The van der Waals surface area contributed by atoms with E-state index in [2.05, 4.69) is 5.32 Å². The molecule has 0 atom stereocenters. The number of amides is 1. The molecule has 2 aromatic carbocycles. The Kier molecular flexibility index (Phi) is 5.40. The van der Waals surface area contributed by atoms with E-state index >= 15 is 0 Å². The summed E-state index contributed by atoms with van der Waals surface area (Å²) >= 11 is 0. The van der Waals surface area contributed by atoms with E-state index in [4.69, 9.17) is 0 Å². The maximum absolute atomic E-state index is 13.3. The van der Waals surface area contributed by atoms with Gasteiger partial charge >= 0.3 is 0 Å². The molecule has 0 spiro atoms. The van der Waals surface area contributed by atoms with Gasteiger partial charge in [-0.05, 0) is 67.5 Å². The topological polar surface area (TPSA) is 66.5 Å². The molecule has 1 N–H and O–H groups in total. The molecule has 1 aliphatic carbocycles. The number of fused-ring (bicyclic) bond motifs is 1. The summed E-state index contributed by atoms with van der Waals surface area (Å²) in [7, 11) is -3.60. The number of aryl methyl sites for hydroxylation is 2. The smallest absolute Gasteiger partial charge is 0.243 e. The molecule has 154 valence electrons. The van der Waals surface area contributed by atoms with Crippen molar-refractivity contribution in [1.29, 1.82) is 0 Å². The monoisotopic (exact) mass is 420 g/mol. The van der Waals surface area contributed by atoms with Crippen LogP contribution in [0.1, 0.15) is 30.4 Å².